The Bertz CT molecular complexity index is 706. The van der Waals surface area contributed by atoms with Gasteiger partial charge in [0.2, 0.25) is 0 Å². The lowest BCUT2D eigenvalue weighted by molar-refractivity contribution is 0.594. The van der Waals surface area contributed by atoms with Crippen LogP contribution in [0.1, 0.15) is 16.7 Å². The minimum absolute atomic E-state index is 0.00102. The summed E-state index contributed by atoms with van der Waals surface area (Å²) in [5.74, 6) is -0.00102. The number of nitrogen functional groups attached to an aromatic ring is 1. The van der Waals surface area contributed by atoms with Gasteiger partial charge in [-0.25, -0.2) is 8.42 Å². The zero-order chi connectivity index (χ0) is 14.0. The van der Waals surface area contributed by atoms with Gasteiger partial charge in [0.05, 0.1) is 10.6 Å². The summed E-state index contributed by atoms with van der Waals surface area (Å²) < 4.78 is 24.9. The molecule has 0 heterocycles. The Balaban J connectivity index is 2.40. The van der Waals surface area contributed by atoms with Gasteiger partial charge in [0, 0.05) is 5.69 Å². The summed E-state index contributed by atoms with van der Waals surface area (Å²) in [5.41, 5.74) is 8.71. The lowest BCUT2D eigenvalue weighted by Crippen LogP contribution is -2.07. The Labute approximate surface area is 114 Å². The molecule has 0 radical (unpaired) electrons. The van der Waals surface area contributed by atoms with Crippen LogP contribution in [0, 0.1) is 13.8 Å². The second-order valence-corrected chi connectivity index (χ2v) is 6.73. The summed E-state index contributed by atoms with van der Waals surface area (Å²) in [6, 6.07) is 12.5. The molecular weight excluding hydrogens is 258 g/mol. The third-order valence-electron chi connectivity index (χ3n) is 2.99. The normalized spacial score (nSPS) is 11.5. The van der Waals surface area contributed by atoms with Crippen molar-refractivity contribution >= 4 is 15.5 Å². The van der Waals surface area contributed by atoms with Gasteiger partial charge in [-0.2, -0.15) is 0 Å². The van der Waals surface area contributed by atoms with Crippen molar-refractivity contribution in [1.29, 1.82) is 0 Å². The van der Waals surface area contributed by atoms with Crippen molar-refractivity contribution in [3.8, 4) is 0 Å². The number of rotatable bonds is 3. The molecule has 2 aromatic rings. The first-order chi connectivity index (χ1) is 8.88. The van der Waals surface area contributed by atoms with Crippen molar-refractivity contribution in [1.82, 2.24) is 0 Å². The number of nitrogens with two attached hydrogens (primary N) is 1. The summed E-state index contributed by atoms with van der Waals surface area (Å²) >= 11 is 0. The van der Waals surface area contributed by atoms with Crippen LogP contribution in [0.25, 0.3) is 0 Å². The second-order valence-electron chi connectivity index (χ2n) is 4.77. The van der Waals surface area contributed by atoms with E-state index in [0.29, 0.717) is 10.6 Å². The molecule has 2 N–H and O–H groups in total. The number of aryl methyl sites for hydroxylation is 2. The maximum atomic E-state index is 12.4. The highest BCUT2D eigenvalue weighted by Crippen LogP contribution is 2.22. The van der Waals surface area contributed by atoms with Crippen LogP contribution in [-0.4, -0.2) is 8.42 Å². The first-order valence-corrected chi connectivity index (χ1v) is 7.68. The van der Waals surface area contributed by atoms with E-state index >= 15 is 0 Å². The van der Waals surface area contributed by atoms with Gasteiger partial charge >= 0.3 is 0 Å². The fourth-order valence-electron chi connectivity index (χ4n) is 2.05. The van der Waals surface area contributed by atoms with E-state index in [1.54, 1.807) is 19.1 Å². The Morgan fingerprint density at radius 3 is 2.47 bits per heavy atom. The lowest BCUT2D eigenvalue weighted by Gasteiger charge is -2.09. The van der Waals surface area contributed by atoms with Crippen molar-refractivity contribution < 1.29 is 8.42 Å². The van der Waals surface area contributed by atoms with Crippen LogP contribution >= 0.6 is 0 Å². The highest BCUT2D eigenvalue weighted by molar-refractivity contribution is 7.90. The molecule has 19 heavy (non-hydrogen) atoms. The minimum Gasteiger partial charge on any atom is -0.399 e. The molecule has 0 aromatic heterocycles. The van der Waals surface area contributed by atoms with E-state index in [1.165, 1.54) is 6.07 Å². The summed E-state index contributed by atoms with van der Waals surface area (Å²) in [5, 5.41) is 0. The molecule has 0 fully saturated rings. The van der Waals surface area contributed by atoms with Gasteiger partial charge in [-0.15, -0.1) is 0 Å². The standard InChI is InChI=1S/C15H17NO2S/c1-11-4-3-5-13(8-11)10-19(17,18)15-9-14(16)7-6-12(15)2/h3-9H,10,16H2,1-2H3. The van der Waals surface area contributed by atoms with Crippen molar-refractivity contribution in [2.75, 3.05) is 5.73 Å². The lowest BCUT2D eigenvalue weighted by atomic mass is 10.2. The van der Waals surface area contributed by atoms with E-state index in [4.69, 9.17) is 5.73 Å². The summed E-state index contributed by atoms with van der Waals surface area (Å²) in [6.07, 6.45) is 0. The number of hydrogen-bond donors (Lipinski definition) is 1. The van der Waals surface area contributed by atoms with Crippen LogP contribution in [0.3, 0.4) is 0 Å². The average molecular weight is 275 g/mol. The highest BCUT2D eigenvalue weighted by atomic mass is 32.2. The topological polar surface area (TPSA) is 60.2 Å². The first kappa shape index (κ1) is 13.6. The van der Waals surface area contributed by atoms with Crippen LogP contribution in [0.15, 0.2) is 47.4 Å². The van der Waals surface area contributed by atoms with E-state index in [0.717, 1.165) is 16.7 Å². The van der Waals surface area contributed by atoms with Crippen molar-refractivity contribution in [2.24, 2.45) is 0 Å². The van der Waals surface area contributed by atoms with E-state index in [2.05, 4.69) is 0 Å². The minimum atomic E-state index is -3.36. The van der Waals surface area contributed by atoms with E-state index < -0.39 is 9.84 Å². The monoisotopic (exact) mass is 275 g/mol. The molecular formula is C15H17NO2S. The van der Waals surface area contributed by atoms with Gasteiger partial charge in [0.1, 0.15) is 0 Å². The molecule has 0 saturated heterocycles. The average Bonchev–Trinajstić information content (AvgIpc) is 2.31. The fraction of sp³-hybridized carbons (Fsp3) is 0.200. The maximum absolute atomic E-state index is 12.4. The molecule has 100 valence electrons. The zero-order valence-corrected chi connectivity index (χ0v) is 11.9. The SMILES string of the molecule is Cc1cccc(CS(=O)(=O)c2cc(N)ccc2C)c1. The van der Waals surface area contributed by atoms with Crippen LogP contribution in [-0.2, 0) is 15.6 Å². The molecule has 0 bridgehead atoms. The number of hydrogen-bond acceptors (Lipinski definition) is 3. The maximum Gasteiger partial charge on any atom is 0.182 e. The quantitative estimate of drug-likeness (QED) is 0.876. The molecule has 0 aliphatic heterocycles. The van der Waals surface area contributed by atoms with Gasteiger partial charge < -0.3 is 5.73 Å². The summed E-state index contributed by atoms with van der Waals surface area (Å²) in [6.45, 7) is 3.73. The zero-order valence-electron chi connectivity index (χ0n) is 11.1. The molecule has 4 heteroatoms. The smallest absolute Gasteiger partial charge is 0.182 e. The highest BCUT2D eigenvalue weighted by Gasteiger charge is 2.18. The summed E-state index contributed by atoms with van der Waals surface area (Å²) in [4.78, 5) is 0.314. The Kier molecular flexibility index (Phi) is 3.62. The third kappa shape index (κ3) is 3.15. The molecule has 0 aliphatic rings. The van der Waals surface area contributed by atoms with E-state index in [9.17, 15) is 8.42 Å². The predicted molar refractivity (Wildman–Crippen MR) is 77.7 cm³/mol. The van der Waals surface area contributed by atoms with Crippen LogP contribution in [0.2, 0.25) is 0 Å². The van der Waals surface area contributed by atoms with Gasteiger partial charge in [0.25, 0.3) is 0 Å². The molecule has 0 spiro atoms. The Hall–Kier alpha value is -1.81. The van der Waals surface area contributed by atoms with Crippen LogP contribution in [0.5, 0.6) is 0 Å². The van der Waals surface area contributed by atoms with Crippen molar-refractivity contribution in [3.05, 3.63) is 59.2 Å². The van der Waals surface area contributed by atoms with Crippen molar-refractivity contribution in [2.45, 2.75) is 24.5 Å². The summed E-state index contributed by atoms with van der Waals surface area (Å²) in [7, 11) is -3.36. The largest absolute Gasteiger partial charge is 0.399 e. The number of anilines is 1. The van der Waals surface area contributed by atoms with Gasteiger partial charge in [-0.1, -0.05) is 35.9 Å². The molecule has 2 aromatic carbocycles. The Morgan fingerprint density at radius 2 is 1.79 bits per heavy atom. The molecule has 2 rings (SSSR count). The molecule has 0 aliphatic carbocycles. The second kappa shape index (κ2) is 5.05. The van der Waals surface area contributed by atoms with Crippen LogP contribution in [0.4, 0.5) is 5.69 Å². The van der Waals surface area contributed by atoms with Crippen molar-refractivity contribution in [3.63, 3.8) is 0 Å². The van der Waals surface area contributed by atoms with Gasteiger partial charge in [-0.05, 0) is 37.1 Å². The molecule has 0 unspecified atom stereocenters. The molecule has 0 saturated carbocycles. The molecule has 3 nitrogen and oxygen atoms in total. The number of sulfone groups is 1. The van der Waals surface area contributed by atoms with E-state index in [1.807, 2.05) is 31.2 Å². The fourth-order valence-corrected chi connectivity index (χ4v) is 3.70. The Morgan fingerprint density at radius 1 is 1.05 bits per heavy atom. The first-order valence-electron chi connectivity index (χ1n) is 6.03. The van der Waals surface area contributed by atoms with Gasteiger partial charge in [-0.3, -0.25) is 0 Å². The molecule has 0 atom stereocenters. The predicted octanol–water partition coefficient (Wildman–Crippen LogP) is 2.86. The van der Waals surface area contributed by atoms with Crippen LogP contribution < -0.4 is 5.73 Å². The van der Waals surface area contributed by atoms with Gasteiger partial charge in [0.15, 0.2) is 9.84 Å². The number of benzene rings is 2. The third-order valence-corrected chi connectivity index (χ3v) is 4.81. The molecule has 0 amide bonds. The van der Waals surface area contributed by atoms with E-state index in [-0.39, 0.29) is 5.75 Å².